The molecule has 0 radical (unpaired) electrons. The number of benzene rings is 1. The average Bonchev–Trinajstić information content (AvgIpc) is 3.05. The van der Waals surface area contributed by atoms with Gasteiger partial charge in [0.2, 0.25) is 11.8 Å². The van der Waals surface area contributed by atoms with Crippen LogP contribution in [0, 0.1) is 17.3 Å². The van der Waals surface area contributed by atoms with Crippen LogP contribution in [0.1, 0.15) is 13.8 Å². The number of aliphatic carboxylic acids is 1. The predicted molar refractivity (Wildman–Crippen MR) is 89.0 cm³/mol. The van der Waals surface area contributed by atoms with Crippen LogP contribution in [-0.4, -0.2) is 36.6 Å². The number of amides is 2. The molecule has 2 rings (SSSR count). The first kappa shape index (κ1) is 18.2. The predicted octanol–water partition coefficient (Wildman–Crippen LogP) is 2.22. The molecule has 1 aliphatic rings. The number of carbonyl (C=O) groups is 3. The van der Waals surface area contributed by atoms with Gasteiger partial charge in [0.1, 0.15) is 6.61 Å². The highest BCUT2D eigenvalue weighted by Gasteiger charge is 2.65. The quantitative estimate of drug-likeness (QED) is 0.726. The standard InChI is InChI=1S/C16H19ClN2O5/c1-16(2)12(13(16)15(22)23)14(21)18-8-4-5-10(9(17)6-8)19-11(20)7-24-3/h4-6,12-13H,7H2,1-3H3,(H,18,21)(H,19,20)(H,22,23)/t12-,13-/m0/s1. The Kier molecular flexibility index (Phi) is 5.15. The van der Waals surface area contributed by atoms with E-state index in [1.165, 1.54) is 13.2 Å². The Labute approximate surface area is 144 Å². The molecule has 8 heteroatoms. The molecule has 130 valence electrons. The number of nitrogens with one attached hydrogen (secondary N) is 2. The van der Waals surface area contributed by atoms with Gasteiger partial charge in [0.05, 0.1) is 22.5 Å². The summed E-state index contributed by atoms with van der Waals surface area (Å²) in [7, 11) is 1.41. The molecule has 2 atom stereocenters. The number of carboxylic acid groups (broad SMARTS) is 1. The largest absolute Gasteiger partial charge is 0.481 e. The fraction of sp³-hybridized carbons (Fsp3) is 0.438. The van der Waals surface area contributed by atoms with E-state index in [2.05, 4.69) is 10.6 Å². The number of hydrogen-bond donors (Lipinski definition) is 3. The summed E-state index contributed by atoms with van der Waals surface area (Å²) in [5.41, 5.74) is 0.252. The number of ether oxygens (including phenoxy) is 1. The van der Waals surface area contributed by atoms with Crippen LogP contribution in [0.5, 0.6) is 0 Å². The zero-order valence-corrected chi connectivity index (χ0v) is 14.3. The Morgan fingerprint density at radius 2 is 1.92 bits per heavy atom. The van der Waals surface area contributed by atoms with E-state index >= 15 is 0 Å². The third kappa shape index (κ3) is 3.68. The highest BCUT2D eigenvalue weighted by molar-refractivity contribution is 6.34. The van der Waals surface area contributed by atoms with Gasteiger partial charge in [-0.15, -0.1) is 0 Å². The van der Waals surface area contributed by atoms with E-state index in [4.69, 9.17) is 21.4 Å². The van der Waals surface area contributed by atoms with E-state index in [1.807, 2.05) is 0 Å². The van der Waals surface area contributed by atoms with Crippen molar-refractivity contribution in [3.63, 3.8) is 0 Å². The van der Waals surface area contributed by atoms with Crippen molar-refractivity contribution < 1.29 is 24.2 Å². The van der Waals surface area contributed by atoms with Gasteiger partial charge in [-0.05, 0) is 23.6 Å². The second-order valence-electron chi connectivity index (χ2n) is 6.28. The first-order chi connectivity index (χ1) is 11.2. The molecular formula is C16H19ClN2O5. The molecule has 1 aromatic carbocycles. The molecule has 24 heavy (non-hydrogen) atoms. The number of rotatable bonds is 6. The number of anilines is 2. The zero-order valence-electron chi connectivity index (χ0n) is 13.6. The van der Waals surface area contributed by atoms with Crippen LogP contribution in [-0.2, 0) is 19.1 Å². The van der Waals surface area contributed by atoms with Gasteiger partial charge in [-0.25, -0.2) is 0 Å². The molecule has 0 spiro atoms. The van der Waals surface area contributed by atoms with E-state index in [1.54, 1.807) is 26.0 Å². The van der Waals surface area contributed by atoms with Crippen molar-refractivity contribution in [3.05, 3.63) is 23.2 Å². The Morgan fingerprint density at radius 3 is 2.42 bits per heavy atom. The second-order valence-corrected chi connectivity index (χ2v) is 6.69. The summed E-state index contributed by atoms with van der Waals surface area (Å²) in [4.78, 5) is 34.9. The maximum absolute atomic E-state index is 12.3. The highest BCUT2D eigenvalue weighted by atomic mass is 35.5. The van der Waals surface area contributed by atoms with Gasteiger partial charge in [-0.3, -0.25) is 14.4 Å². The van der Waals surface area contributed by atoms with Gasteiger partial charge < -0.3 is 20.5 Å². The number of halogens is 1. The van der Waals surface area contributed by atoms with Gasteiger partial charge in [-0.2, -0.15) is 0 Å². The van der Waals surface area contributed by atoms with E-state index in [0.717, 1.165) is 0 Å². The minimum absolute atomic E-state index is 0.0951. The number of hydrogen-bond acceptors (Lipinski definition) is 4. The van der Waals surface area contributed by atoms with Crippen LogP contribution in [0.25, 0.3) is 0 Å². The third-order valence-corrected chi connectivity index (χ3v) is 4.47. The van der Waals surface area contributed by atoms with Crippen molar-refractivity contribution in [3.8, 4) is 0 Å². The first-order valence-electron chi connectivity index (χ1n) is 7.30. The van der Waals surface area contributed by atoms with E-state index in [9.17, 15) is 14.4 Å². The van der Waals surface area contributed by atoms with Gasteiger partial charge in [-0.1, -0.05) is 25.4 Å². The lowest BCUT2D eigenvalue weighted by Crippen LogP contribution is -2.19. The van der Waals surface area contributed by atoms with Crippen molar-refractivity contribution >= 4 is 40.8 Å². The van der Waals surface area contributed by atoms with Crippen LogP contribution in [0.3, 0.4) is 0 Å². The maximum atomic E-state index is 12.3. The van der Waals surface area contributed by atoms with Crippen molar-refractivity contribution in [2.45, 2.75) is 13.8 Å². The highest BCUT2D eigenvalue weighted by Crippen LogP contribution is 2.58. The van der Waals surface area contributed by atoms with E-state index in [-0.39, 0.29) is 23.4 Å². The number of carboxylic acids is 1. The normalized spacial score (nSPS) is 21.0. The summed E-state index contributed by atoms with van der Waals surface area (Å²) < 4.78 is 4.71. The molecule has 1 aromatic rings. The Bertz CT molecular complexity index is 689. The molecule has 0 bridgehead atoms. The molecule has 1 saturated carbocycles. The lowest BCUT2D eigenvalue weighted by atomic mass is 10.1. The molecule has 0 unspecified atom stereocenters. The SMILES string of the molecule is COCC(=O)Nc1ccc(NC(=O)[C@@H]2[C@@H](C(=O)O)C2(C)C)cc1Cl. The first-order valence-corrected chi connectivity index (χ1v) is 7.68. The monoisotopic (exact) mass is 354 g/mol. The molecule has 2 amide bonds. The smallest absolute Gasteiger partial charge is 0.307 e. The number of carbonyl (C=O) groups excluding carboxylic acids is 2. The summed E-state index contributed by atoms with van der Waals surface area (Å²) in [6.07, 6.45) is 0. The minimum atomic E-state index is -0.977. The summed E-state index contributed by atoms with van der Waals surface area (Å²) >= 11 is 6.09. The Morgan fingerprint density at radius 1 is 1.25 bits per heavy atom. The van der Waals surface area contributed by atoms with Crippen molar-refractivity contribution in [2.24, 2.45) is 17.3 Å². The lowest BCUT2D eigenvalue weighted by molar-refractivity contribution is -0.140. The molecular weight excluding hydrogens is 336 g/mol. The van der Waals surface area contributed by atoms with Crippen molar-refractivity contribution in [1.82, 2.24) is 0 Å². The van der Waals surface area contributed by atoms with E-state index < -0.39 is 23.2 Å². The molecule has 1 fully saturated rings. The summed E-state index contributed by atoms with van der Waals surface area (Å²) in [5.74, 6) is -2.97. The van der Waals surface area contributed by atoms with Gasteiger partial charge in [0, 0.05) is 12.8 Å². The molecule has 7 nitrogen and oxygen atoms in total. The van der Waals surface area contributed by atoms with Crippen LogP contribution in [0.2, 0.25) is 5.02 Å². The van der Waals surface area contributed by atoms with Crippen LogP contribution in [0.4, 0.5) is 11.4 Å². The fourth-order valence-corrected chi connectivity index (χ4v) is 3.05. The van der Waals surface area contributed by atoms with E-state index in [0.29, 0.717) is 11.4 Å². The molecule has 0 aromatic heterocycles. The van der Waals surface area contributed by atoms with Crippen LogP contribution < -0.4 is 10.6 Å². The van der Waals surface area contributed by atoms with Gasteiger partial charge in [0.25, 0.3) is 0 Å². The summed E-state index contributed by atoms with van der Waals surface area (Å²) in [5, 5.41) is 14.6. The van der Waals surface area contributed by atoms with Crippen LogP contribution in [0.15, 0.2) is 18.2 Å². The molecule has 1 aliphatic carbocycles. The van der Waals surface area contributed by atoms with Crippen LogP contribution >= 0.6 is 11.6 Å². The summed E-state index contributed by atoms with van der Waals surface area (Å²) in [6.45, 7) is 3.40. The molecule has 0 saturated heterocycles. The fourth-order valence-electron chi connectivity index (χ4n) is 2.82. The average molecular weight is 355 g/mol. The maximum Gasteiger partial charge on any atom is 0.307 e. The van der Waals surface area contributed by atoms with Gasteiger partial charge >= 0.3 is 5.97 Å². The lowest BCUT2D eigenvalue weighted by Gasteiger charge is -2.10. The van der Waals surface area contributed by atoms with Crippen molar-refractivity contribution in [1.29, 1.82) is 0 Å². The Balaban J connectivity index is 2.04. The number of methoxy groups -OCH3 is 1. The minimum Gasteiger partial charge on any atom is -0.481 e. The topological polar surface area (TPSA) is 105 Å². The second kappa shape index (κ2) is 6.78. The molecule has 0 heterocycles. The third-order valence-electron chi connectivity index (χ3n) is 4.16. The summed E-state index contributed by atoms with van der Waals surface area (Å²) in [6, 6.07) is 4.63. The zero-order chi connectivity index (χ0) is 18.1. The van der Waals surface area contributed by atoms with Crippen molar-refractivity contribution in [2.75, 3.05) is 24.4 Å². The molecule has 0 aliphatic heterocycles. The van der Waals surface area contributed by atoms with Gasteiger partial charge in [0.15, 0.2) is 0 Å². The molecule has 3 N–H and O–H groups in total. The Hall–Kier alpha value is -2.12.